The van der Waals surface area contributed by atoms with E-state index >= 15 is 0 Å². The highest BCUT2D eigenvalue weighted by Crippen LogP contribution is 2.45. The van der Waals surface area contributed by atoms with Crippen LogP contribution in [-0.4, -0.2) is 96.1 Å². The molecule has 1 aliphatic carbocycles. The van der Waals surface area contributed by atoms with Crippen LogP contribution in [0.4, 0.5) is 20.5 Å². The molecule has 2 amide bonds. The Balaban J connectivity index is 1.12. The van der Waals surface area contributed by atoms with Gasteiger partial charge in [0.1, 0.15) is 18.1 Å². The number of alkyl halides is 2. The molecule has 0 spiro atoms. The van der Waals surface area contributed by atoms with E-state index in [-0.39, 0.29) is 54.5 Å². The molecule has 216 valence electrons. The third-order valence-electron chi connectivity index (χ3n) is 8.44. The number of anilines is 2. The van der Waals surface area contributed by atoms with Crippen LogP contribution in [0.1, 0.15) is 71.1 Å². The van der Waals surface area contributed by atoms with E-state index in [4.69, 9.17) is 9.72 Å². The molecule has 3 aliphatic heterocycles. The molecule has 3 saturated heterocycles. The number of carbonyl (C=O) groups is 2. The van der Waals surface area contributed by atoms with E-state index < -0.39 is 5.92 Å². The lowest BCUT2D eigenvalue weighted by Crippen LogP contribution is -2.52. The summed E-state index contributed by atoms with van der Waals surface area (Å²) < 4.78 is 35.3. The minimum absolute atomic E-state index is 0.0206. The number of carbonyl (C=O) groups excluding carboxylic acids is 2. The molecule has 5 rings (SSSR count). The molecular formula is C28H42F2N6O3. The van der Waals surface area contributed by atoms with E-state index in [1.165, 1.54) is 0 Å². The Hall–Kier alpha value is -2.56. The molecule has 0 saturated carbocycles. The Morgan fingerprint density at radius 2 is 1.59 bits per heavy atom. The lowest BCUT2D eigenvalue weighted by atomic mass is 9.91. The second-order valence-corrected chi connectivity index (χ2v) is 12.7. The maximum Gasteiger partial charge on any atom is 0.290 e. The van der Waals surface area contributed by atoms with E-state index in [2.05, 4.69) is 37.6 Å². The van der Waals surface area contributed by atoms with Gasteiger partial charge in [-0.15, -0.1) is 0 Å². The molecule has 4 aliphatic rings. The van der Waals surface area contributed by atoms with Crippen LogP contribution in [0.2, 0.25) is 0 Å². The van der Waals surface area contributed by atoms with Gasteiger partial charge in [-0.1, -0.05) is 20.8 Å². The van der Waals surface area contributed by atoms with E-state index in [1.807, 2.05) is 9.80 Å². The van der Waals surface area contributed by atoms with Gasteiger partial charge in [-0.2, -0.15) is 13.8 Å². The molecule has 1 aromatic heterocycles. The minimum atomic E-state index is -2.91. The fraction of sp³-hybridized carbons (Fsp3) is 0.786. The van der Waals surface area contributed by atoms with Crippen molar-refractivity contribution >= 4 is 23.6 Å². The van der Waals surface area contributed by atoms with Crippen LogP contribution in [0, 0.1) is 5.41 Å². The summed E-state index contributed by atoms with van der Waals surface area (Å²) in [6.07, 6.45) is 2.92. The standard InChI is InChI=1S/C28H42F2N6O3/c1-19-6-12-36(19)26-31-24-21(5-9-28(24,29)30)25(32-26)35-10-7-20(8-11-35)39-18-23(38)34-15-13-33(14-16-34)22(37)17-27(2,3)4/h19-20H,5-18H2,1-4H3/t19-/m0/s1. The summed E-state index contributed by atoms with van der Waals surface area (Å²) in [5.41, 5.74) is 0.416. The number of ether oxygens (including phenoxy) is 1. The van der Waals surface area contributed by atoms with Gasteiger partial charge in [0.2, 0.25) is 17.8 Å². The summed E-state index contributed by atoms with van der Waals surface area (Å²) in [7, 11) is 0. The number of hydrogen-bond acceptors (Lipinski definition) is 7. The zero-order chi connectivity index (χ0) is 27.9. The first-order valence-electron chi connectivity index (χ1n) is 14.4. The predicted molar refractivity (Wildman–Crippen MR) is 144 cm³/mol. The number of aromatic nitrogens is 2. The van der Waals surface area contributed by atoms with Crippen LogP contribution < -0.4 is 9.80 Å². The number of halogens is 2. The van der Waals surface area contributed by atoms with E-state index in [0.29, 0.717) is 75.9 Å². The van der Waals surface area contributed by atoms with Crippen molar-refractivity contribution in [2.75, 3.05) is 62.2 Å². The maximum absolute atomic E-state index is 14.7. The lowest BCUT2D eigenvalue weighted by Gasteiger charge is -2.40. The Bertz CT molecular complexity index is 1080. The first kappa shape index (κ1) is 28.0. The number of nitrogens with zero attached hydrogens (tertiary/aromatic N) is 6. The normalized spacial score (nSPS) is 23.6. The van der Waals surface area contributed by atoms with E-state index in [1.54, 1.807) is 4.90 Å². The first-order valence-corrected chi connectivity index (χ1v) is 14.4. The Morgan fingerprint density at radius 1 is 0.949 bits per heavy atom. The second kappa shape index (κ2) is 10.8. The van der Waals surface area contributed by atoms with Crippen molar-refractivity contribution in [2.24, 2.45) is 5.41 Å². The maximum atomic E-state index is 14.7. The van der Waals surface area contributed by atoms with Crippen molar-refractivity contribution in [2.45, 2.75) is 84.3 Å². The quantitative estimate of drug-likeness (QED) is 0.540. The summed E-state index contributed by atoms with van der Waals surface area (Å²) >= 11 is 0. The van der Waals surface area contributed by atoms with Crippen LogP contribution in [0.25, 0.3) is 0 Å². The third kappa shape index (κ3) is 6.12. The predicted octanol–water partition coefficient (Wildman–Crippen LogP) is 3.21. The SMILES string of the molecule is C[C@H]1CCN1c1nc(N2CCC(OCC(=O)N3CCN(C(=O)CC(C)(C)C)CC3)CC2)c2c(n1)C(F)(F)CC2. The van der Waals surface area contributed by atoms with Gasteiger partial charge in [-0.3, -0.25) is 9.59 Å². The fourth-order valence-corrected chi connectivity index (χ4v) is 5.88. The summed E-state index contributed by atoms with van der Waals surface area (Å²) in [4.78, 5) is 42.1. The van der Waals surface area contributed by atoms with E-state index in [9.17, 15) is 18.4 Å². The van der Waals surface area contributed by atoms with Crippen LogP contribution in [0.3, 0.4) is 0 Å². The van der Waals surface area contributed by atoms with Crippen LogP contribution in [0.15, 0.2) is 0 Å². The van der Waals surface area contributed by atoms with Crippen molar-refractivity contribution in [3.8, 4) is 0 Å². The molecule has 3 fully saturated rings. The van der Waals surface area contributed by atoms with Crippen LogP contribution in [0.5, 0.6) is 0 Å². The molecule has 11 heteroatoms. The summed E-state index contributed by atoms with van der Waals surface area (Å²) in [6.45, 7) is 12.5. The molecule has 0 unspecified atom stereocenters. The van der Waals surface area contributed by atoms with Crippen molar-refractivity contribution < 1.29 is 23.1 Å². The highest BCUT2D eigenvalue weighted by atomic mass is 19.3. The molecule has 9 nitrogen and oxygen atoms in total. The molecule has 0 radical (unpaired) electrons. The second-order valence-electron chi connectivity index (χ2n) is 12.7. The zero-order valence-corrected chi connectivity index (χ0v) is 23.7. The van der Waals surface area contributed by atoms with Gasteiger partial charge in [0.15, 0.2) is 0 Å². The molecule has 0 N–H and O–H groups in total. The van der Waals surface area contributed by atoms with E-state index in [0.717, 1.165) is 13.0 Å². The van der Waals surface area contributed by atoms with Crippen molar-refractivity contribution in [1.29, 1.82) is 0 Å². The Labute approximate surface area is 229 Å². The lowest BCUT2D eigenvalue weighted by molar-refractivity contribution is -0.144. The van der Waals surface area contributed by atoms with Gasteiger partial charge >= 0.3 is 0 Å². The molecule has 1 atom stereocenters. The Morgan fingerprint density at radius 3 is 2.15 bits per heavy atom. The molecule has 0 aromatic carbocycles. The van der Waals surface area contributed by atoms with Crippen molar-refractivity contribution in [3.05, 3.63) is 11.3 Å². The monoisotopic (exact) mass is 548 g/mol. The van der Waals surface area contributed by atoms with Crippen molar-refractivity contribution in [1.82, 2.24) is 19.8 Å². The molecule has 4 heterocycles. The summed E-state index contributed by atoms with van der Waals surface area (Å²) in [6, 6.07) is 0.259. The number of hydrogen-bond donors (Lipinski definition) is 0. The average Bonchev–Trinajstić information content (AvgIpc) is 3.19. The number of rotatable bonds is 6. The Kier molecular flexibility index (Phi) is 7.74. The first-order chi connectivity index (χ1) is 18.4. The van der Waals surface area contributed by atoms with Crippen LogP contribution in [-0.2, 0) is 26.7 Å². The number of fused-ring (bicyclic) bond motifs is 1. The van der Waals surface area contributed by atoms with Gasteiger partial charge in [0.25, 0.3) is 5.92 Å². The third-order valence-corrected chi connectivity index (χ3v) is 8.44. The smallest absolute Gasteiger partial charge is 0.290 e. The summed E-state index contributed by atoms with van der Waals surface area (Å²) in [5.74, 6) is -1.78. The zero-order valence-electron chi connectivity index (χ0n) is 23.7. The van der Waals surface area contributed by atoms with Gasteiger partial charge in [0.05, 0.1) is 6.10 Å². The number of piperazine rings is 1. The summed E-state index contributed by atoms with van der Waals surface area (Å²) in [5, 5.41) is 0. The molecule has 0 bridgehead atoms. The van der Waals surface area contributed by atoms with Crippen LogP contribution >= 0.6 is 0 Å². The average molecular weight is 549 g/mol. The topological polar surface area (TPSA) is 82.1 Å². The molecule has 39 heavy (non-hydrogen) atoms. The van der Waals surface area contributed by atoms with Gasteiger partial charge in [-0.25, -0.2) is 4.98 Å². The highest BCUT2D eigenvalue weighted by Gasteiger charge is 2.45. The van der Waals surface area contributed by atoms with Crippen molar-refractivity contribution in [3.63, 3.8) is 0 Å². The number of piperidine rings is 1. The fourth-order valence-electron chi connectivity index (χ4n) is 5.88. The molecule has 1 aromatic rings. The minimum Gasteiger partial charge on any atom is -0.368 e. The van der Waals surface area contributed by atoms with Gasteiger partial charge in [0, 0.05) is 70.3 Å². The van der Waals surface area contributed by atoms with Gasteiger partial charge in [-0.05, 0) is 38.0 Å². The molecular weight excluding hydrogens is 506 g/mol. The highest BCUT2D eigenvalue weighted by molar-refractivity contribution is 5.79. The number of amides is 2. The largest absolute Gasteiger partial charge is 0.368 e. The van der Waals surface area contributed by atoms with Gasteiger partial charge < -0.3 is 24.3 Å².